The Morgan fingerprint density at radius 2 is 1.88 bits per heavy atom. The van der Waals surface area contributed by atoms with E-state index in [9.17, 15) is 18.0 Å². The zero-order valence-corrected chi connectivity index (χ0v) is 8.14. The Morgan fingerprint density at radius 1 is 1.25 bits per heavy atom. The topological polar surface area (TPSA) is 55.1 Å². The van der Waals surface area contributed by atoms with Gasteiger partial charge in [0.1, 0.15) is 0 Å². The van der Waals surface area contributed by atoms with Crippen LogP contribution in [0, 0.1) is 0 Å². The number of halogens is 3. The van der Waals surface area contributed by atoms with Crippen molar-refractivity contribution in [1.82, 2.24) is 0 Å². The molecule has 3 N–H and O–H groups in total. The summed E-state index contributed by atoms with van der Waals surface area (Å²) in [6.45, 7) is 0. The lowest BCUT2D eigenvalue weighted by atomic mass is 10.2. The monoisotopic (exact) mass is 230 g/mol. The molecular formula is C10H9F3N2O. The molecule has 16 heavy (non-hydrogen) atoms. The predicted octanol–water partition coefficient (Wildman–Crippen LogP) is 2.68. The van der Waals surface area contributed by atoms with Crippen LogP contribution in [0.3, 0.4) is 0 Å². The van der Waals surface area contributed by atoms with Gasteiger partial charge in [-0.15, -0.1) is 0 Å². The summed E-state index contributed by atoms with van der Waals surface area (Å²) < 4.78 is 35.8. The molecule has 1 aromatic rings. The number of carbonyl (C=O) groups is 1. The molecule has 1 rings (SSSR count). The second kappa shape index (κ2) is 5.20. The van der Waals surface area contributed by atoms with E-state index in [2.05, 4.69) is 5.32 Å². The van der Waals surface area contributed by atoms with Crippen molar-refractivity contribution >= 4 is 17.3 Å². The van der Waals surface area contributed by atoms with Gasteiger partial charge in [0.05, 0.1) is 17.8 Å². The zero-order valence-electron chi connectivity index (χ0n) is 8.14. The van der Waals surface area contributed by atoms with E-state index in [4.69, 9.17) is 5.73 Å². The van der Waals surface area contributed by atoms with Crippen LogP contribution in [-0.2, 0) is 4.79 Å². The van der Waals surface area contributed by atoms with E-state index in [0.29, 0.717) is 0 Å². The Labute approximate surface area is 89.7 Å². The summed E-state index contributed by atoms with van der Waals surface area (Å²) in [5.41, 5.74) is 6.03. The van der Waals surface area contributed by atoms with Gasteiger partial charge in [-0.1, -0.05) is 12.1 Å². The minimum atomic E-state index is -2.49. The van der Waals surface area contributed by atoms with Gasteiger partial charge in [0.15, 0.2) is 5.83 Å². The molecule has 0 aliphatic rings. The van der Waals surface area contributed by atoms with E-state index in [1.807, 2.05) is 0 Å². The SMILES string of the molecule is Nc1ccccc1NC(=O)CC(F)=C(F)F. The third kappa shape index (κ3) is 3.30. The van der Waals surface area contributed by atoms with Crippen LogP contribution < -0.4 is 11.1 Å². The second-order valence-electron chi connectivity index (χ2n) is 2.98. The first kappa shape index (κ1) is 12.1. The molecule has 0 atom stereocenters. The minimum Gasteiger partial charge on any atom is -0.397 e. The Kier molecular flexibility index (Phi) is 3.93. The third-order valence-corrected chi connectivity index (χ3v) is 1.76. The van der Waals surface area contributed by atoms with Gasteiger partial charge >= 0.3 is 6.08 Å². The van der Waals surface area contributed by atoms with Gasteiger partial charge in [0, 0.05) is 0 Å². The third-order valence-electron chi connectivity index (χ3n) is 1.76. The highest BCUT2D eigenvalue weighted by Crippen LogP contribution is 2.19. The number of amides is 1. The summed E-state index contributed by atoms with van der Waals surface area (Å²) in [6, 6.07) is 6.26. The average molecular weight is 230 g/mol. The number of anilines is 2. The molecule has 1 aromatic carbocycles. The number of benzene rings is 1. The Bertz CT molecular complexity index is 428. The summed E-state index contributed by atoms with van der Waals surface area (Å²) in [5.74, 6) is -2.63. The number of carbonyl (C=O) groups excluding carboxylic acids is 1. The fraction of sp³-hybridized carbons (Fsp3) is 0.100. The molecule has 0 saturated carbocycles. The highest BCUT2D eigenvalue weighted by molar-refractivity contribution is 5.94. The second-order valence-corrected chi connectivity index (χ2v) is 2.98. The van der Waals surface area contributed by atoms with Gasteiger partial charge in [0.2, 0.25) is 5.91 Å². The van der Waals surface area contributed by atoms with Gasteiger partial charge in [-0.05, 0) is 12.1 Å². The highest BCUT2D eigenvalue weighted by Gasteiger charge is 2.12. The molecule has 6 heteroatoms. The zero-order chi connectivity index (χ0) is 12.1. The van der Waals surface area contributed by atoms with Gasteiger partial charge in [-0.25, -0.2) is 4.39 Å². The fourth-order valence-electron chi connectivity index (χ4n) is 1.01. The normalized spacial score (nSPS) is 9.69. The molecule has 0 spiro atoms. The van der Waals surface area contributed by atoms with Crippen molar-refractivity contribution in [2.45, 2.75) is 6.42 Å². The minimum absolute atomic E-state index is 0.263. The highest BCUT2D eigenvalue weighted by atomic mass is 19.3. The molecular weight excluding hydrogens is 221 g/mol. The van der Waals surface area contributed by atoms with E-state index < -0.39 is 24.2 Å². The largest absolute Gasteiger partial charge is 0.397 e. The standard InChI is InChI=1S/C10H9F3N2O/c11-6(10(12)13)5-9(16)15-8-4-2-1-3-7(8)14/h1-4H,5,14H2,(H,15,16). The maximum absolute atomic E-state index is 12.4. The first-order valence-electron chi connectivity index (χ1n) is 4.34. The quantitative estimate of drug-likeness (QED) is 0.784. The molecule has 3 nitrogen and oxygen atoms in total. The molecule has 0 aliphatic heterocycles. The summed E-state index contributed by atoms with van der Waals surface area (Å²) in [6.07, 6.45) is -3.49. The van der Waals surface area contributed by atoms with Crippen LogP contribution in [0.4, 0.5) is 24.5 Å². The van der Waals surface area contributed by atoms with Gasteiger partial charge in [0.25, 0.3) is 0 Å². The van der Waals surface area contributed by atoms with Crippen molar-refractivity contribution in [2.75, 3.05) is 11.1 Å². The van der Waals surface area contributed by atoms with E-state index >= 15 is 0 Å². The molecule has 0 aromatic heterocycles. The molecule has 0 aliphatic carbocycles. The first-order valence-corrected chi connectivity index (χ1v) is 4.34. The molecule has 1 amide bonds. The lowest BCUT2D eigenvalue weighted by molar-refractivity contribution is -0.115. The maximum atomic E-state index is 12.4. The number of nitrogen functional groups attached to an aromatic ring is 1. The van der Waals surface area contributed by atoms with Crippen molar-refractivity contribution < 1.29 is 18.0 Å². The summed E-state index contributed by atoms with van der Waals surface area (Å²) in [7, 11) is 0. The van der Waals surface area contributed by atoms with E-state index in [1.54, 1.807) is 12.1 Å². The van der Waals surface area contributed by atoms with Crippen LogP contribution >= 0.6 is 0 Å². The Balaban J connectivity index is 2.66. The van der Waals surface area contributed by atoms with Gasteiger partial charge < -0.3 is 11.1 Å². The maximum Gasteiger partial charge on any atom is 0.302 e. The van der Waals surface area contributed by atoms with Gasteiger partial charge in [-0.3, -0.25) is 4.79 Å². The first-order chi connectivity index (χ1) is 7.50. The number of rotatable bonds is 3. The molecule has 0 bridgehead atoms. The molecule has 0 fully saturated rings. The number of nitrogens with one attached hydrogen (secondary N) is 1. The molecule has 0 heterocycles. The van der Waals surface area contributed by atoms with Crippen molar-refractivity contribution in [1.29, 1.82) is 0 Å². The van der Waals surface area contributed by atoms with Crippen LogP contribution in [-0.4, -0.2) is 5.91 Å². The summed E-state index contributed by atoms with van der Waals surface area (Å²) in [5, 5.41) is 2.22. The van der Waals surface area contributed by atoms with Crippen LogP contribution in [0.1, 0.15) is 6.42 Å². The molecule has 0 radical (unpaired) electrons. The lowest BCUT2D eigenvalue weighted by Gasteiger charge is -2.06. The van der Waals surface area contributed by atoms with Crippen molar-refractivity contribution in [2.24, 2.45) is 0 Å². The predicted molar refractivity (Wildman–Crippen MR) is 54.5 cm³/mol. The average Bonchev–Trinajstić information content (AvgIpc) is 2.21. The van der Waals surface area contributed by atoms with Crippen LogP contribution in [0.2, 0.25) is 0 Å². The Morgan fingerprint density at radius 3 is 2.44 bits per heavy atom. The van der Waals surface area contributed by atoms with E-state index in [0.717, 1.165) is 0 Å². The van der Waals surface area contributed by atoms with E-state index in [1.165, 1.54) is 12.1 Å². The molecule has 0 unspecified atom stereocenters. The summed E-state index contributed by atoms with van der Waals surface area (Å²) in [4.78, 5) is 11.1. The number of nitrogens with two attached hydrogens (primary N) is 1. The fourth-order valence-corrected chi connectivity index (χ4v) is 1.01. The van der Waals surface area contributed by atoms with Crippen LogP contribution in [0.5, 0.6) is 0 Å². The summed E-state index contributed by atoms with van der Waals surface area (Å²) >= 11 is 0. The smallest absolute Gasteiger partial charge is 0.302 e. The van der Waals surface area contributed by atoms with Crippen molar-refractivity contribution in [3.05, 3.63) is 36.2 Å². The van der Waals surface area contributed by atoms with Gasteiger partial charge in [-0.2, -0.15) is 8.78 Å². The molecule has 0 saturated heterocycles. The Hall–Kier alpha value is -1.98. The number of hydrogen-bond acceptors (Lipinski definition) is 2. The van der Waals surface area contributed by atoms with E-state index in [-0.39, 0.29) is 11.4 Å². The number of para-hydroxylation sites is 2. The lowest BCUT2D eigenvalue weighted by Crippen LogP contribution is -2.12. The van der Waals surface area contributed by atoms with Crippen molar-refractivity contribution in [3.8, 4) is 0 Å². The number of hydrogen-bond donors (Lipinski definition) is 2. The van der Waals surface area contributed by atoms with Crippen molar-refractivity contribution in [3.63, 3.8) is 0 Å². The van der Waals surface area contributed by atoms with Crippen LogP contribution in [0.25, 0.3) is 0 Å². The van der Waals surface area contributed by atoms with Crippen LogP contribution in [0.15, 0.2) is 36.2 Å². The molecule has 86 valence electrons.